The first-order valence-corrected chi connectivity index (χ1v) is 7.44. The number of halogens is 1. The summed E-state index contributed by atoms with van der Waals surface area (Å²) in [4.78, 5) is 22.7. The molecule has 0 spiro atoms. The molecule has 21 heavy (non-hydrogen) atoms. The van der Waals surface area contributed by atoms with Gasteiger partial charge in [-0.1, -0.05) is 29.8 Å². The average molecular weight is 313 g/mol. The summed E-state index contributed by atoms with van der Waals surface area (Å²) in [5, 5.41) is 5.26. The van der Waals surface area contributed by atoms with Crippen LogP contribution >= 0.6 is 11.6 Å². The molecule has 0 unspecified atom stereocenters. The van der Waals surface area contributed by atoms with Crippen LogP contribution in [0.1, 0.15) is 17.5 Å². The van der Waals surface area contributed by atoms with E-state index in [1.165, 1.54) is 5.56 Å². The van der Waals surface area contributed by atoms with E-state index in [1.807, 2.05) is 31.2 Å². The van der Waals surface area contributed by atoms with Crippen molar-refractivity contribution in [3.63, 3.8) is 0 Å². The molecule has 0 aromatic heterocycles. The van der Waals surface area contributed by atoms with Crippen LogP contribution in [0.25, 0.3) is 0 Å². The Bertz CT molecular complexity index is 449. The number of aryl methyl sites for hydroxylation is 2. The zero-order valence-corrected chi connectivity index (χ0v) is 12.9. The minimum Gasteiger partial charge on any atom is -0.448 e. The number of alkyl carbamates (subject to hydrolysis) is 1. The standard InChI is InChI=1S/C15H21ClN2O3/c1-12-2-4-13(5-3-12)6-7-14(19)17-9-10-18-15(20)21-11-8-16/h2-5H,6-11H2,1H3,(H,17,19)(H,18,20). The van der Waals surface area contributed by atoms with Gasteiger partial charge in [0.25, 0.3) is 0 Å². The Balaban J connectivity index is 2.08. The minimum atomic E-state index is -0.524. The number of hydrogen-bond acceptors (Lipinski definition) is 3. The third-order valence-electron chi connectivity index (χ3n) is 2.79. The van der Waals surface area contributed by atoms with Crippen LogP contribution in [-0.4, -0.2) is 37.6 Å². The number of nitrogens with one attached hydrogen (secondary N) is 2. The van der Waals surface area contributed by atoms with Crippen LogP contribution in [0.3, 0.4) is 0 Å². The lowest BCUT2D eigenvalue weighted by Crippen LogP contribution is -2.35. The van der Waals surface area contributed by atoms with Crippen molar-refractivity contribution in [2.75, 3.05) is 25.6 Å². The predicted molar refractivity (Wildman–Crippen MR) is 82.6 cm³/mol. The van der Waals surface area contributed by atoms with E-state index in [0.717, 1.165) is 5.56 Å². The normalized spacial score (nSPS) is 10.0. The van der Waals surface area contributed by atoms with Crippen molar-refractivity contribution in [1.29, 1.82) is 0 Å². The highest BCUT2D eigenvalue weighted by atomic mass is 35.5. The van der Waals surface area contributed by atoms with Crippen molar-refractivity contribution >= 4 is 23.6 Å². The molecule has 1 rings (SSSR count). The van der Waals surface area contributed by atoms with Gasteiger partial charge in [0.05, 0.1) is 5.88 Å². The molecule has 0 saturated carbocycles. The quantitative estimate of drug-likeness (QED) is 0.570. The van der Waals surface area contributed by atoms with Crippen LogP contribution in [0.5, 0.6) is 0 Å². The molecule has 1 aromatic rings. The summed E-state index contributed by atoms with van der Waals surface area (Å²) in [5.74, 6) is 0.231. The van der Waals surface area contributed by atoms with Gasteiger partial charge in [0.2, 0.25) is 5.91 Å². The van der Waals surface area contributed by atoms with E-state index in [1.54, 1.807) is 0 Å². The van der Waals surface area contributed by atoms with Crippen molar-refractivity contribution in [3.8, 4) is 0 Å². The van der Waals surface area contributed by atoms with Gasteiger partial charge in [0.1, 0.15) is 6.61 Å². The average Bonchev–Trinajstić information content (AvgIpc) is 2.49. The third-order valence-corrected chi connectivity index (χ3v) is 2.94. The molecule has 2 amide bonds. The highest BCUT2D eigenvalue weighted by Gasteiger charge is 2.03. The highest BCUT2D eigenvalue weighted by molar-refractivity contribution is 6.18. The van der Waals surface area contributed by atoms with Crippen LogP contribution in [0, 0.1) is 6.92 Å². The van der Waals surface area contributed by atoms with Crippen molar-refractivity contribution in [1.82, 2.24) is 10.6 Å². The summed E-state index contributed by atoms with van der Waals surface area (Å²) in [6.45, 7) is 2.91. The number of carbonyl (C=O) groups excluding carboxylic acids is 2. The Labute approximate surface area is 130 Å². The van der Waals surface area contributed by atoms with Crippen LogP contribution in [-0.2, 0) is 16.0 Å². The number of benzene rings is 1. The van der Waals surface area contributed by atoms with Gasteiger partial charge < -0.3 is 15.4 Å². The van der Waals surface area contributed by atoms with E-state index >= 15 is 0 Å². The zero-order valence-electron chi connectivity index (χ0n) is 12.2. The number of amides is 2. The largest absolute Gasteiger partial charge is 0.448 e. The van der Waals surface area contributed by atoms with Gasteiger partial charge in [-0.05, 0) is 18.9 Å². The highest BCUT2D eigenvalue weighted by Crippen LogP contribution is 2.05. The Hall–Kier alpha value is -1.75. The summed E-state index contributed by atoms with van der Waals surface area (Å²) in [7, 11) is 0. The Morgan fingerprint density at radius 3 is 2.48 bits per heavy atom. The van der Waals surface area contributed by atoms with Gasteiger partial charge >= 0.3 is 6.09 Å². The van der Waals surface area contributed by atoms with E-state index in [2.05, 4.69) is 10.6 Å². The molecule has 0 radical (unpaired) electrons. The predicted octanol–water partition coefficient (Wildman–Crippen LogP) is 2.01. The molecule has 0 saturated heterocycles. The third kappa shape index (κ3) is 8.19. The van der Waals surface area contributed by atoms with Crippen molar-refractivity contribution < 1.29 is 14.3 Å². The summed E-state index contributed by atoms with van der Waals surface area (Å²) in [6.07, 6.45) is 0.612. The number of alkyl halides is 1. The summed E-state index contributed by atoms with van der Waals surface area (Å²) in [5.41, 5.74) is 2.34. The molecule has 0 aliphatic carbocycles. The lowest BCUT2D eigenvalue weighted by atomic mass is 10.1. The molecular formula is C15H21ClN2O3. The van der Waals surface area contributed by atoms with E-state index in [0.29, 0.717) is 25.9 Å². The number of carbonyl (C=O) groups is 2. The van der Waals surface area contributed by atoms with E-state index in [-0.39, 0.29) is 18.4 Å². The van der Waals surface area contributed by atoms with Crippen LogP contribution in [0.2, 0.25) is 0 Å². The Morgan fingerprint density at radius 1 is 1.14 bits per heavy atom. The zero-order chi connectivity index (χ0) is 15.5. The second-order valence-corrected chi connectivity index (χ2v) is 4.97. The van der Waals surface area contributed by atoms with Gasteiger partial charge in [0.15, 0.2) is 0 Å². The van der Waals surface area contributed by atoms with Gasteiger partial charge in [0, 0.05) is 19.5 Å². The van der Waals surface area contributed by atoms with Crippen LogP contribution in [0.15, 0.2) is 24.3 Å². The summed E-state index contributed by atoms with van der Waals surface area (Å²) >= 11 is 5.38. The molecule has 1 aromatic carbocycles. The summed E-state index contributed by atoms with van der Waals surface area (Å²) in [6, 6.07) is 8.11. The fraction of sp³-hybridized carbons (Fsp3) is 0.467. The molecule has 0 aliphatic heterocycles. The van der Waals surface area contributed by atoms with Gasteiger partial charge in [-0.25, -0.2) is 4.79 Å². The second kappa shape index (κ2) is 10.0. The monoisotopic (exact) mass is 312 g/mol. The Kier molecular flexibility index (Phi) is 8.28. The van der Waals surface area contributed by atoms with Crippen molar-refractivity contribution in [3.05, 3.63) is 35.4 Å². The first-order chi connectivity index (χ1) is 10.1. The maximum Gasteiger partial charge on any atom is 0.407 e. The number of hydrogen-bond donors (Lipinski definition) is 2. The van der Waals surface area contributed by atoms with Crippen LogP contribution < -0.4 is 10.6 Å². The fourth-order valence-corrected chi connectivity index (χ4v) is 1.73. The molecule has 0 heterocycles. The maximum absolute atomic E-state index is 11.6. The second-order valence-electron chi connectivity index (χ2n) is 4.59. The smallest absolute Gasteiger partial charge is 0.407 e. The minimum absolute atomic E-state index is 0.0356. The first-order valence-electron chi connectivity index (χ1n) is 6.90. The lowest BCUT2D eigenvalue weighted by molar-refractivity contribution is -0.121. The van der Waals surface area contributed by atoms with Crippen molar-refractivity contribution in [2.24, 2.45) is 0 Å². The number of rotatable bonds is 8. The lowest BCUT2D eigenvalue weighted by Gasteiger charge is -2.07. The fourth-order valence-electron chi connectivity index (χ4n) is 1.65. The SMILES string of the molecule is Cc1ccc(CCC(=O)NCCNC(=O)OCCCl)cc1. The molecular weight excluding hydrogens is 292 g/mol. The maximum atomic E-state index is 11.6. The molecule has 0 bridgehead atoms. The summed E-state index contributed by atoms with van der Waals surface area (Å²) < 4.78 is 4.72. The Morgan fingerprint density at radius 2 is 1.81 bits per heavy atom. The first kappa shape index (κ1) is 17.3. The van der Waals surface area contributed by atoms with Crippen molar-refractivity contribution in [2.45, 2.75) is 19.8 Å². The van der Waals surface area contributed by atoms with E-state index < -0.39 is 6.09 Å². The topological polar surface area (TPSA) is 67.4 Å². The molecule has 5 nitrogen and oxygen atoms in total. The molecule has 6 heteroatoms. The van der Waals surface area contributed by atoms with E-state index in [9.17, 15) is 9.59 Å². The molecule has 0 aliphatic rings. The molecule has 116 valence electrons. The molecule has 2 N–H and O–H groups in total. The van der Waals surface area contributed by atoms with Gasteiger partial charge in [-0.2, -0.15) is 0 Å². The number of ether oxygens (including phenoxy) is 1. The van der Waals surface area contributed by atoms with Crippen LogP contribution in [0.4, 0.5) is 4.79 Å². The van der Waals surface area contributed by atoms with E-state index in [4.69, 9.17) is 16.3 Å². The molecule has 0 atom stereocenters. The molecule has 0 fully saturated rings. The van der Waals surface area contributed by atoms with Gasteiger partial charge in [-0.15, -0.1) is 11.6 Å². The van der Waals surface area contributed by atoms with Gasteiger partial charge in [-0.3, -0.25) is 4.79 Å².